The van der Waals surface area contributed by atoms with Gasteiger partial charge in [0.1, 0.15) is 23.3 Å². The van der Waals surface area contributed by atoms with Crippen LogP contribution in [-0.4, -0.2) is 48.6 Å². The van der Waals surface area contributed by atoms with E-state index in [1.807, 2.05) is 31.2 Å². The van der Waals surface area contributed by atoms with Crippen LogP contribution in [0.3, 0.4) is 0 Å². The van der Waals surface area contributed by atoms with Gasteiger partial charge in [0, 0.05) is 67.3 Å². The van der Waals surface area contributed by atoms with Crippen molar-refractivity contribution in [3.8, 4) is 0 Å². The molecule has 0 aliphatic carbocycles. The molecule has 0 atom stereocenters. The summed E-state index contributed by atoms with van der Waals surface area (Å²) in [5.41, 5.74) is 4.20. The van der Waals surface area contributed by atoms with E-state index in [1.54, 1.807) is 18.2 Å². The van der Waals surface area contributed by atoms with E-state index >= 15 is 0 Å². The number of fused-ring (bicyclic) bond motifs is 1. The van der Waals surface area contributed by atoms with Crippen LogP contribution in [0.25, 0.3) is 10.9 Å². The number of hydrogen-bond donors (Lipinski definition) is 1. The van der Waals surface area contributed by atoms with Crippen molar-refractivity contribution >= 4 is 52.1 Å². The standard InChI is InChI=1S/C35H31F4N5O.ClH/c1-23-8-9-32-33(40-23)6-3-7-34(32)43-14-12-42(13-15-43)11-10-24-4-2-5-30(16-24)44(31-21-27(38)18-28(39)22-31)35(45)41-29-19-25(36)17-26(37)20-29;/h2-9,16-22H,10-15H2,1H3,(H,41,45);1H. The Morgan fingerprint density at radius 2 is 1.43 bits per heavy atom. The lowest BCUT2D eigenvalue weighted by atomic mass is 10.1. The van der Waals surface area contributed by atoms with Gasteiger partial charge in [0.2, 0.25) is 0 Å². The van der Waals surface area contributed by atoms with Crippen LogP contribution in [0.5, 0.6) is 0 Å². The summed E-state index contributed by atoms with van der Waals surface area (Å²) in [6.45, 7) is 6.24. The average Bonchev–Trinajstić information content (AvgIpc) is 2.99. The van der Waals surface area contributed by atoms with Crippen molar-refractivity contribution in [3.63, 3.8) is 0 Å². The fourth-order valence-electron chi connectivity index (χ4n) is 5.72. The van der Waals surface area contributed by atoms with Crippen molar-refractivity contribution < 1.29 is 22.4 Å². The molecule has 238 valence electrons. The molecular weight excluding hydrogens is 618 g/mol. The van der Waals surface area contributed by atoms with Crippen LogP contribution >= 0.6 is 12.4 Å². The number of urea groups is 1. The Balaban J connectivity index is 0.00000417. The van der Waals surface area contributed by atoms with E-state index in [-0.39, 0.29) is 23.8 Å². The number of piperazine rings is 1. The van der Waals surface area contributed by atoms with Crippen molar-refractivity contribution in [2.75, 3.05) is 47.8 Å². The maximum Gasteiger partial charge on any atom is 0.330 e. The zero-order chi connectivity index (χ0) is 31.5. The van der Waals surface area contributed by atoms with Crippen molar-refractivity contribution in [1.82, 2.24) is 9.88 Å². The number of aromatic nitrogens is 1. The second kappa shape index (κ2) is 14.2. The Morgan fingerprint density at radius 3 is 2.13 bits per heavy atom. The topological polar surface area (TPSA) is 51.7 Å². The van der Waals surface area contributed by atoms with Crippen LogP contribution in [0, 0.1) is 30.2 Å². The highest BCUT2D eigenvalue weighted by atomic mass is 35.5. The number of anilines is 4. The van der Waals surface area contributed by atoms with Gasteiger partial charge in [0.15, 0.2) is 0 Å². The largest absolute Gasteiger partial charge is 0.368 e. The van der Waals surface area contributed by atoms with Crippen LogP contribution in [0.2, 0.25) is 0 Å². The highest BCUT2D eigenvalue weighted by molar-refractivity contribution is 6.07. The maximum atomic E-state index is 14.2. The first kappa shape index (κ1) is 32.7. The van der Waals surface area contributed by atoms with Crippen LogP contribution in [-0.2, 0) is 6.42 Å². The summed E-state index contributed by atoms with van der Waals surface area (Å²) >= 11 is 0. The number of carbonyl (C=O) groups excluding carboxylic acids is 1. The highest BCUT2D eigenvalue weighted by Gasteiger charge is 2.22. The number of rotatable bonds is 7. The van der Waals surface area contributed by atoms with Crippen molar-refractivity contribution in [1.29, 1.82) is 0 Å². The smallest absolute Gasteiger partial charge is 0.330 e. The van der Waals surface area contributed by atoms with Crippen LogP contribution < -0.4 is 15.1 Å². The molecule has 1 aliphatic heterocycles. The van der Waals surface area contributed by atoms with Gasteiger partial charge in [0.05, 0.1) is 16.9 Å². The van der Waals surface area contributed by atoms with Crippen molar-refractivity contribution in [2.45, 2.75) is 13.3 Å². The Labute approximate surface area is 270 Å². The number of nitrogens with one attached hydrogen (secondary N) is 1. The molecule has 11 heteroatoms. The zero-order valence-corrected chi connectivity index (χ0v) is 25.8. The maximum absolute atomic E-state index is 14.2. The third kappa shape index (κ3) is 7.58. The number of halogens is 5. The van der Waals surface area contributed by atoms with E-state index < -0.39 is 29.3 Å². The van der Waals surface area contributed by atoms with Crippen molar-refractivity contribution in [2.24, 2.45) is 0 Å². The highest BCUT2D eigenvalue weighted by Crippen LogP contribution is 2.30. The predicted octanol–water partition coefficient (Wildman–Crippen LogP) is 8.26. The summed E-state index contributed by atoms with van der Waals surface area (Å²) in [7, 11) is 0. The molecule has 0 unspecified atom stereocenters. The lowest BCUT2D eigenvalue weighted by Crippen LogP contribution is -2.47. The van der Waals surface area contributed by atoms with E-state index in [0.717, 1.165) is 84.0 Å². The van der Waals surface area contributed by atoms with Gasteiger partial charge in [-0.3, -0.25) is 14.8 Å². The van der Waals surface area contributed by atoms with Gasteiger partial charge in [-0.1, -0.05) is 18.2 Å². The summed E-state index contributed by atoms with van der Waals surface area (Å²) < 4.78 is 56.0. The molecule has 46 heavy (non-hydrogen) atoms. The summed E-state index contributed by atoms with van der Waals surface area (Å²) in [6.07, 6.45) is 0.674. The molecule has 1 N–H and O–H groups in total. The van der Waals surface area contributed by atoms with Gasteiger partial charge >= 0.3 is 6.03 Å². The SMILES string of the molecule is Cc1ccc2c(N3CCN(CCc4cccc(N(C(=O)Nc5cc(F)cc(F)c5)c5cc(F)cc(F)c5)c4)CC3)cccc2n1.Cl. The summed E-state index contributed by atoms with van der Waals surface area (Å²) in [6, 6.07) is 22.0. The van der Waals surface area contributed by atoms with Gasteiger partial charge in [0.25, 0.3) is 0 Å². The number of hydrogen-bond acceptors (Lipinski definition) is 4. The monoisotopic (exact) mass is 649 g/mol. The number of pyridine rings is 1. The molecular formula is C35H32ClF4N5O. The molecule has 2 amide bonds. The molecule has 2 heterocycles. The van der Waals surface area contributed by atoms with Gasteiger partial charge in [-0.25, -0.2) is 22.4 Å². The molecule has 6 rings (SSSR count). The predicted molar refractivity (Wildman–Crippen MR) is 176 cm³/mol. The molecule has 0 radical (unpaired) electrons. The lowest BCUT2D eigenvalue weighted by molar-refractivity contribution is 0.259. The molecule has 4 aromatic carbocycles. The van der Waals surface area contributed by atoms with Gasteiger partial charge < -0.3 is 10.2 Å². The van der Waals surface area contributed by atoms with Gasteiger partial charge in [-0.15, -0.1) is 12.4 Å². The minimum atomic E-state index is -0.874. The first-order chi connectivity index (χ1) is 21.7. The molecule has 0 spiro atoms. The van der Waals surface area contributed by atoms with E-state index in [1.165, 1.54) is 5.69 Å². The fraction of sp³-hybridized carbons (Fsp3) is 0.200. The van der Waals surface area contributed by atoms with Gasteiger partial charge in [-0.05, 0) is 79.6 Å². The second-order valence-electron chi connectivity index (χ2n) is 11.1. The molecule has 1 aliphatic rings. The Kier molecular flexibility index (Phi) is 10.1. The molecule has 1 fully saturated rings. The first-order valence-electron chi connectivity index (χ1n) is 14.7. The fourth-order valence-corrected chi connectivity index (χ4v) is 5.72. The summed E-state index contributed by atoms with van der Waals surface area (Å²) in [5, 5.41) is 3.58. The molecule has 1 saturated heterocycles. The van der Waals surface area contributed by atoms with E-state index in [2.05, 4.69) is 32.2 Å². The number of benzene rings is 4. The number of aryl methyl sites for hydroxylation is 1. The van der Waals surface area contributed by atoms with Gasteiger partial charge in [-0.2, -0.15) is 0 Å². The number of nitrogens with zero attached hydrogens (tertiary/aromatic N) is 4. The zero-order valence-electron chi connectivity index (χ0n) is 25.0. The summed E-state index contributed by atoms with van der Waals surface area (Å²) in [4.78, 5) is 23.9. The third-order valence-electron chi connectivity index (χ3n) is 7.87. The van der Waals surface area contributed by atoms with Crippen LogP contribution in [0.1, 0.15) is 11.3 Å². The molecule has 1 aromatic heterocycles. The lowest BCUT2D eigenvalue weighted by Gasteiger charge is -2.36. The Hall–Kier alpha value is -4.67. The average molecular weight is 650 g/mol. The molecule has 0 bridgehead atoms. The van der Waals surface area contributed by atoms with Crippen LogP contribution in [0.4, 0.5) is 45.1 Å². The Bertz CT molecular complexity index is 1820. The normalized spacial score (nSPS) is 13.4. The third-order valence-corrected chi connectivity index (χ3v) is 7.87. The number of amides is 2. The number of carbonyl (C=O) groups is 1. The first-order valence-corrected chi connectivity index (χ1v) is 14.7. The van der Waals surface area contributed by atoms with E-state index in [4.69, 9.17) is 0 Å². The molecule has 5 aromatic rings. The van der Waals surface area contributed by atoms with Crippen molar-refractivity contribution in [3.05, 3.63) is 126 Å². The summed E-state index contributed by atoms with van der Waals surface area (Å²) in [5.74, 6) is -3.49. The molecule has 0 saturated carbocycles. The van der Waals surface area contributed by atoms with E-state index in [0.29, 0.717) is 24.2 Å². The Morgan fingerprint density at radius 1 is 0.783 bits per heavy atom. The minimum absolute atomic E-state index is 0. The minimum Gasteiger partial charge on any atom is -0.368 e. The molecule has 6 nitrogen and oxygen atoms in total. The second-order valence-corrected chi connectivity index (χ2v) is 11.1. The quantitative estimate of drug-likeness (QED) is 0.180. The van der Waals surface area contributed by atoms with Crippen LogP contribution in [0.15, 0.2) is 91.0 Å². The van der Waals surface area contributed by atoms with E-state index in [9.17, 15) is 22.4 Å².